The van der Waals surface area contributed by atoms with E-state index in [0.29, 0.717) is 45.4 Å². The Labute approximate surface area is 164 Å². The molecule has 2 aromatic carbocycles. The lowest BCUT2D eigenvalue weighted by Gasteiger charge is -2.33. The Morgan fingerprint density at radius 3 is 2.89 bits per heavy atom. The minimum Gasteiger partial charge on any atom is -0.374 e. The van der Waals surface area contributed by atoms with E-state index < -0.39 is 0 Å². The summed E-state index contributed by atoms with van der Waals surface area (Å²) in [5.41, 5.74) is 4.64. The molecule has 2 aromatic rings. The van der Waals surface area contributed by atoms with Gasteiger partial charge >= 0.3 is 0 Å². The summed E-state index contributed by atoms with van der Waals surface area (Å²) in [6.07, 6.45) is 2.93. The maximum atomic E-state index is 12.6. The van der Waals surface area contributed by atoms with Gasteiger partial charge < -0.3 is 9.64 Å². The zero-order valence-electron chi connectivity index (χ0n) is 15.9. The average molecular weight is 379 g/mol. The summed E-state index contributed by atoms with van der Waals surface area (Å²) in [5.74, 6) is 0.0744. The molecule has 28 heavy (non-hydrogen) atoms. The van der Waals surface area contributed by atoms with Crippen molar-refractivity contribution in [2.45, 2.75) is 38.2 Å². The lowest BCUT2D eigenvalue weighted by molar-refractivity contribution is -0.138. The van der Waals surface area contributed by atoms with Crippen LogP contribution in [0.1, 0.15) is 31.2 Å². The Morgan fingerprint density at radius 1 is 1.18 bits per heavy atom. The van der Waals surface area contributed by atoms with Crippen LogP contribution in [-0.2, 0) is 20.7 Å². The first-order valence-electron chi connectivity index (χ1n) is 9.89. The molecule has 0 aromatic heterocycles. The van der Waals surface area contributed by atoms with Crippen molar-refractivity contribution in [1.29, 1.82) is 0 Å². The predicted octanol–water partition coefficient (Wildman–Crippen LogP) is 2.66. The van der Waals surface area contributed by atoms with E-state index in [1.165, 1.54) is 16.3 Å². The van der Waals surface area contributed by atoms with Crippen LogP contribution < -0.4 is 5.43 Å². The van der Waals surface area contributed by atoms with Gasteiger partial charge in [-0.05, 0) is 29.2 Å². The number of nitrogens with one attached hydrogen (secondary N) is 1. The molecule has 0 spiro atoms. The molecule has 6 nitrogen and oxygen atoms in total. The van der Waals surface area contributed by atoms with E-state index in [9.17, 15) is 9.59 Å². The molecule has 146 valence electrons. The van der Waals surface area contributed by atoms with Crippen LogP contribution in [0.15, 0.2) is 47.6 Å². The SMILES string of the molecule is O=C1CCC(CCC(=O)N2CCOC(Cc3cccc4ccccc34)C2)=NN1. The molecule has 1 atom stereocenters. The first-order chi connectivity index (χ1) is 13.7. The van der Waals surface area contributed by atoms with Gasteiger partial charge in [0.25, 0.3) is 0 Å². The van der Waals surface area contributed by atoms with Crippen LogP contribution in [0.3, 0.4) is 0 Å². The Hall–Kier alpha value is -2.73. The Balaban J connectivity index is 1.35. The van der Waals surface area contributed by atoms with Crippen molar-refractivity contribution in [1.82, 2.24) is 10.3 Å². The Kier molecular flexibility index (Phi) is 5.67. The predicted molar refractivity (Wildman–Crippen MR) is 108 cm³/mol. The van der Waals surface area contributed by atoms with E-state index in [0.717, 1.165) is 12.1 Å². The fourth-order valence-corrected chi connectivity index (χ4v) is 3.89. The number of hydrogen-bond acceptors (Lipinski definition) is 4. The number of nitrogens with zero attached hydrogens (tertiary/aromatic N) is 2. The van der Waals surface area contributed by atoms with Crippen LogP contribution in [-0.4, -0.2) is 48.2 Å². The van der Waals surface area contributed by atoms with Gasteiger partial charge in [0.1, 0.15) is 0 Å². The molecule has 0 saturated carbocycles. The highest BCUT2D eigenvalue weighted by Gasteiger charge is 2.25. The summed E-state index contributed by atoms with van der Waals surface area (Å²) in [6.45, 7) is 1.82. The molecule has 4 rings (SSSR count). The third kappa shape index (κ3) is 4.39. The second-order valence-electron chi connectivity index (χ2n) is 7.39. The fraction of sp³-hybridized carbons (Fsp3) is 0.409. The standard InChI is InChI=1S/C22H25N3O3/c26-21-10-8-18(23-24-21)9-11-22(27)25-12-13-28-19(15-25)14-17-6-3-5-16-4-1-2-7-20(16)17/h1-7,19H,8-15H2,(H,24,26). The molecule has 1 saturated heterocycles. The van der Waals surface area contributed by atoms with Crippen LogP contribution >= 0.6 is 0 Å². The highest BCUT2D eigenvalue weighted by molar-refractivity contribution is 5.94. The van der Waals surface area contributed by atoms with Crippen LogP contribution in [0.2, 0.25) is 0 Å². The maximum absolute atomic E-state index is 12.6. The van der Waals surface area contributed by atoms with E-state index in [-0.39, 0.29) is 17.9 Å². The van der Waals surface area contributed by atoms with Gasteiger partial charge in [-0.15, -0.1) is 0 Å². The van der Waals surface area contributed by atoms with Gasteiger partial charge in [-0.3, -0.25) is 9.59 Å². The number of rotatable bonds is 5. The van der Waals surface area contributed by atoms with Crippen molar-refractivity contribution in [3.8, 4) is 0 Å². The molecule has 2 amide bonds. The largest absolute Gasteiger partial charge is 0.374 e. The minimum atomic E-state index is -0.0560. The molecule has 0 aliphatic carbocycles. The number of benzene rings is 2. The monoisotopic (exact) mass is 379 g/mol. The van der Waals surface area contributed by atoms with Gasteiger partial charge in [-0.1, -0.05) is 42.5 Å². The highest BCUT2D eigenvalue weighted by Crippen LogP contribution is 2.22. The quantitative estimate of drug-likeness (QED) is 0.868. The van der Waals surface area contributed by atoms with Gasteiger partial charge in [-0.25, -0.2) is 5.43 Å². The second-order valence-corrected chi connectivity index (χ2v) is 7.39. The van der Waals surface area contributed by atoms with Crippen molar-refractivity contribution in [2.75, 3.05) is 19.7 Å². The van der Waals surface area contributed by atoms with Crippen molar-refractivity contribution < 1.29 is 14.3 Å². The number of morpholine rings is 1. The zero-order chi connectivity index (χ0) is 19.3. The minimum absolute atomic E-state index is 0.00909. The number of amides is 2. The fourth-order valence-electron chi connectivity index (χ4n) is 3.89. The molecule has 2 heterocycles. The molecule has 1 N–H and O–H groups in total. The van der Waals surface area contributed by atoms with Crippen molar-refractivity contribution in [2.24, 2.45) is 5.10 Å². The third-order valence-corrected chi connectivity index (χ3v) is 5.43. The van der Waals surface area contributed by atoms with Crippen LogP contribution in [0, 0.1) is 0 Å². The molecule has 6 heteroatoms. The smallest absolute Gasteiger partial charge is 0.240 e. The van der Waals surface area contributed by atoms with Crippen LogP contribution in [0.4, 0.5) is 0 Å². The summed E-state index contributed by atoms with van der Waals surface area (Å²) >= 11 is 0. The van der Waals surface area contributed by atoms with E-state index in [2.05, 4.69) is 46.9 Å². The summed E-state index contributed by atoms with van der Waals surface area (Å²) < 4.78 is 5.95. The topological polar surface area (TPSA) is 71.0 Å². The molecular weight excluding hydrogens is 354 g/mol. The summed E-state index contributed by atoms with van der Waals surface area (Å²) in [7, 11) is 0. The molecule has 0 bridgehead atoms. The van der Waals surface area contributed by atoms with E-state index in [1.54, 1.807) is 0 Å². The molecule has 1 unspecified atom stereocenters. The van der Waals surface area contributed by atoms with Gasteiger partial charge in [-0.2, -0.15) is 5.10 Å². The Bertz CT molecular complexity index is 904. The number of carbonyl (C=O) groups is 2. The summed E-state index contributed by atoms with van der Waals surface area (Å²) in [5, 5.41) is 6.52. The lowest BCUT2D eigenvalue weighted by atomic mass is 9.99. The third-order valence-electron chi connectivity index (χ3n) is 5.43. The van der Waals surface area contributed by atoms with Crippen molar-refractivity contribution >= 4 is 28.3 Å². The van der Waals surface area contributed by atoms with Crippen molar-refractivity contribution in [3.63, 3.8) is 0 Å². The molecule has 2 aliphatic rings. The van der Waals surface area contributed by atoms with Gasteiger partial charge in [0.2, 0.25) is 11.8 Å². The number of ether oxygens (including phenoxy) is 1. The molecule has 0 radical (unpaired) electrons. The van der Waals surface area contributed by atoms with Gasteiger partial charge in [0.15, 0.2) is 0 Å². The molecular formula is C22H25N3O3. The maximum Gasteiger partial charge on any atom is 0.240 e. The van der Waals surface area contributed by atoms with Crippen molar-refractivity contribution in [3.05, 3.63) is 48.0 Å². The van der Waals surface area contributed by atoms with Crippen LogP contribution in [0.5, 0.6) is 0 Å². The number of hydrogen-bond donors (Lipinski definition) is 1. The first kappa shape index (κ1) is 18.6. The van der Waals surface area contributed by atoms with Crippen LogP contribution in [0.25, 0.3) is 10.8 Å². The first-order valence-corrected chi connectivity index (χ1v) is 9.89. The molecule has 2 aliphatic heterocycles. The second kappa shape index (κ2) is 8.52. The van der Waals surface area contributed by atoms with Gasteiger partial charge in [0.05, 0.1) is 12.7 Å². The Morgan fingerprint density at radius 2 is 2.04 bits per heavy atom. The summed E-state index contributed by atoms with van der Waals surface area (Å²) in [4.78, 5) is 25.7. The van der Waals surface area contributed by atoms with E-state index >= 15 is 0 Å². The summed E-state index contributed by atoms with van der Waals surface area (Å²) in [6, 6.07) is 14.7. The molecule has 1 fully saturated rings. The zero-order valence-corrected chi connectivity index (χ0v) is 15.9. The van der Waals surface area contributed by atoms with E-state index in [4.69, 9.17) is 4.74 Å². The number of carbonyl (C=O) groups excluding carboxylic acids is 2. The van der Waals surface area contributed by atoms with E-state index in [1.807, 2.05) is 11.0 Å². The highest BCUT2D eigenvalue weighted by atomic mass is 16.5. The lowest BCUT2D eigenvalue weighted by Crippen LogP contribution is -2.46. The number of hydrazone groups is 1. The average Bonchev–Trinajstić information content (AvgIpc) is 2.74. The van der Waals surface area contributed by atoms with Gasteiger partial charge in [0, 0.05) is 38.1 Å². The normalized spacial score (nSPS) is 20.0. The number of fused-ring (bicyclic) bond motifs is 1.